The number of aliphatic hydroxyl groups is 1. The van der Waals surface area contributed by atoms with Crippen LogP contribution in [0.2, 0.25) is 10.0 Å². The van der Waals surface area contributed by atoms with E-state index in [1.807, 2.05) is 18.2 Å². The van der Waals surface area contributed by atoms with Crippen molar-refractivity contribution in [3.8, 4) is 6.07 Å². The van der Waals surface area contributed by atoms with Gasteiger partial charge in [-0.25, -0.2) is 4.39 Å². The minimum Gasteiger partial charge on any atom is -0.387 e. The summed E-state index contributed by atoms with van der Waals surface area (Å²) in [5.74, 6) is -0.917. The molecule has 3 heterocycles. The number of carbonyl (C=O) groups excluding carboxylic acids is 1. The lowest BCUT2D eigenvalue weighted by Gasteiger charge is -2.22. The smallest absolute Gasteiger partial charge is 0.248 e. The molecule has 1 unspecified atom stereocenters. The number of halogens is 3. The predicted octanol–water partition coefficient (Wildman–Crippen LogP) is 5.45. The SMILES string of the molecule is N#Cc1cnc2c(Cl)cc(NC(c3c[nH]nn3)c3cccc4c3CN(C(=O)CO)C4)cc2c1Nc1ccc(F)c(Cl)c1. The maximum atomic E-state index is 13.8. The molecule has 0 spiro atoms. The second-order valence-corrected chi connectivity index (χ2v) is 10.4. The van der Waals surface area contributed by atoms with Crippen LogP contribution in [0.1, 0.15) is 34.0 Å². The number of hydrogen-bond donors (Lipinski definition) is 4. The normalized spacial score (nSPS) is 13.1. The molecule has 6 rings (SSSR count). The molecule has 1 amide bonds. The van der Waals surface area contributed by atoms with Crippen molar-refractivity contribution in [2.24, 2.45) is 0 Å². The Kier molecular flexibility index (Phi) is 7.34. The van der Waals surface area contributed by atoms with Crippen LogP contribution < -0.4 is 10.6 Å². The van der Waals surface area contributed by atoms with Crippen molar-refractivity contribution >= 4 is 57.1 Å². The zero-order chi connectivity index (χ0) is 29.4. The van der Waals surface area contributed by atoms with Gasteiger partial charge in [-0.05, 0) is 47.0 Å². The van der Waals surface area contributed by atoms with E-state index in [1.165, 1.54) is 24.4 Å². The zero-order valence-electron chi connectivity index (χ0n) is 21.7. The molecule has 4 N–H and O–H groups in total. The van der Waals surface area contributed by atoms with Gasteiger partial charge in [-0.3, -0.25) is 14.9 Å². The van der Waals surface area contributed by atoms with E-state index in [9.17, 15) is 19.6 Å². The number of H-pyrrole nitrogens is 1. The van der Waals surface area contributed by atoms with Gasteiger partial charge >= 0.3 is 0 Å². The molecule has 0 fully saturated rings. The van der Waals surface area contributed by atoms with E-state index in [1.54, 1.807) is 23.2 Å². The fraction of sp³-hybridized carbons (Fsp3) is 0.138. The minimum absolute atomic E-state index is 0.0673. The minimum atomic E-state index is -0.566. The summed E-state index contributed by atoms with van der Waals surface area (Å²) >= 11 is 12.7. The number of nitrogens with one attached hydrogen (secondary N) is 3. The van der Waals surface area contributed by atoms with Crippen LogP contribution in [0.5, 0.6) is 0 Å². The highest BCUT2D eigenvalue weighted by Gasteiger charge is 2.29. The molecule has 1 aliphatic heterocycles. The van der Waals surface area contributed by atoms with Crippen LogP contribution >= 0.6 is 23.2 Å². The zero-order valence-corrected chi connectivity index (χ0v) is 23.2. The standard InChI is InChI=1S/C29H21Cl2FN8O2/c30-22-7-17(4-5-24(22)32)36-27-16(9-33)10-34-28-20(27)6-18(8-23(28)31)37-29(25-11-35-39-38-25)19-3-1-2-15-12-40(13-21(15)19)26(42)14-41/h1-8,10-11,29,37,41H,12-14H2,(H,34,36)(H,35,38,39). The van der Waals surface area contributed by atoms with E-state index in [4.69, 9.17) is 23.2 Å². The molecule has 0 saturated carbocycles. The van der Waals surface area contributed by atoms with Gasteiger partial charge < -0.3 is 20.6 Å². The third-order valence-electron chi connectivity index (χ3n) is 7.10. The Morgan fingerprint density at radius 3 is 2.74 bits per heavy atom. The Morgan fingerprint density at radius 2 is 2.00 bits per heavy atom. The van der Waals surface area contributed by atoms with Gasteiger partial charge in [0.2, 0.25) is 5.91 Å². The molecule has 0 radical (unpaired) electrons. The van der Waals surface area contributed by atoms with E-state index in [2.05, 4.69) is 37.1 Å². The lowest BCUT2D eigenvalue weighted by Crippen LogP contribution is -2.28. The summed E-state index contributed by atoms with van der Waals surface area (Å²) in [5, 5.41) is 37.6. The number of aromatic nitrogens is 4. The molecule has 5 aromatic rings. The first-order valence-corrected chi connectivity index (χ1v) is 13.5. The van der Waals surface area contributed by atoms with E-state index in [-0.39, 0.29) is 16.5 Å². The van der Waals surface area contributed by atoms with Gasteiger partial charge in [0.05, 0.1) is 32.9 Å². The number of anilines is 3. The van der Waals surface area contributed by atoms with Crippen molar-refractivity contribution < 1.29 is 14.3 Å². The van der Waals surface area contributed by atoms with Gasteiger partial charge in [-0.1, -0.05) is 46.6 Å². The first kappa shape index (κ1) is 27.4. The quantitative estimate of drug-likeness (QED) is 0.192. The lowest BCUT2D eigenvalue weighted by atomic mass is 9.95. The molecule has 0 aliphatic carbocycles. The fourth-order valence-corrected chi connectivity index (χ4v) is 5.55. The second-order valence-electron chi connectivity index (χ2n) is 9.64. The van der Waals surface area contributed by atoms with Crippen LogP contribution in [0, 0.1) is 17.1 Å². The van der Waals surface area contributed by atoms with E-state index in [0.717, 1.165) is 16.7 Å². The van der Waals surface area contributed by atoms with Crippen LogP contribution in [0.3, 0.4) is 0 Å². The Labute approximate surface area is 248 Å². The van der Waals surface area contributed by atoms with Crippen molar-refractivity contribution in [3.63, 3.8) is 0 Å². The molecule has 10 nitrogen and oxygen atoms in total. The number of hydrogen-bond acceptors (Lipinski definition) is 8. The highest BCUT2D eigenvalue weighted by Crippen LogP contribution is 2.38. The molecule has 1 atom stereocenters. The fourth-order valence-electron chi connectivity index (χ4n) is 5.10. The summed E-state index contributed by atoms with van der Waals surface area (Å²) in [7, 11) is 0. The predicted molar refractivity (Wildman–Crippen MR) is 156 cm³/mol. The van der Waals surface area contributed by atoms with Crippen molar-refractivity contribution in [2.75, 3.05) is 17.2 Å². The number of pyridine rings is 1. The van der Waals surface area contributed by atoms with E-state index >= 15 is 0 Å². The Morgan fingerprint density at radius 1 is 1.17 bits per heavy atom. The van der Waals surface area contributed by atoms with Gasteiger partial charge in [0.1, 0.15) is 24.2 Å². The molecule has 0 bridgehead atoms. The summed E-state index contributed by atoms with van der Waals surface area (Å²) in [6.07, 6.45) is 3.09. The first-order chi connectivity index (χ1) is 20.4. The van der Waals surface area contributed by atoms with Gasteiger partial charge in [-0.2, -0.15) is 5.26 Å². The number of aromatic amines is 1. The van der Waals surface area contributed by atoms with E-state index < -0.39 is 18.5 Å². The number of aliphatic hydroxyl groups excluding tert-OH is 1. The molecule has 0 saturated heterocycles. The van der Waals surface area contributed by atoms with Crippen molar-refractivity contribution in [2.45, 2.75) is 19.1 Å². The van der Waals surface area contributed by atoms with Gasteiger partial charge in [-0.15, -0.1) is 5.10 Å². The van der Waals surface area contributed by atoms with Crippen LogP contribution in [0.4, 0.5) is 21.5 Å². The number of carbonyl (C=O) groups is 1. The number of benzene rings is 3. The highest BCUT2D eigenvalue weighted by molar-refractivity contribution is 6.36. The van der Waals surface area contributed by atoms with Gasteiger partial charge in [0, 0.05) is 42.2 Å². The average Bonchev–Trinajstić information content (AvgIpc) is 3.68. The van der Waals surface area contributed by atoms with Crippen molar-refractivity contribution in [3.05, 3.63) is 105 Å². The summed E-state index contributed by atoms with van der Waals surface area (Å²) in [5.41, 5.74) is 5.56. The maximum absolute atomic E-state index is 13.8. The summed E-state index contributed by atoms with van der Waals surface area (Å²) in [4.78, 5) is 18.2. The summed E-state index contributed by atoms with van der Waals surface area (Å²) < 4.78 is 13.8. The van der Waals surface area contributed by atoms with Crippen LogP contribution in [-0.2, 0) is 17.9 Å². The molecule has 1 aliphatic rings. The highest BCUT2D eigenvalue weighted by atomic mass is 35.5. The van der Waals surface area contributed by atoms with Gasteiger partial charge in [0.15, 0.2) is 0 Å². The summed E-state index contributed by atoms with van der Waals surface area (Å²) in [6, 6.07) is 15.1. The molecule has 42 heavy (non-hydrogen) atoms. The molecule has 2 aromatic heterocycles. The number of nitriles is 1. The first-order valence-electron chi connectivity index (χ1n) is 12.7. The third kappa shape index (κ3) is 5.07. The largest absolute Gasteiger partial charge is 0.387 e. The van der Waals surface area contributed by atoms with Crippen molar-refractivity contribution in [1.29, 1.82) is 5.26 Å². The molecule has 3 aromatic carbocycles. The van der Waals surface area contributed by atoms with Gasteiger partial charge in [0.25, 0.3) is 0 Å². The number of nitrogens with zero attached hydrogens (tertiary/aromatic N) is 5. The number of fused-ring (bicyclic) bond motifs is 2. The Hall–Kier alpha value is -4.76. The lowest BCUT2D eigenvalue weighted by molar-refractivity contribution is -0.134. The van der Waals surface area contributed by atoms with Crippen molar-refractivity contribution in [1.82, 2.24) is 25.3 Å². The Bertz CT molecular complexity index is 1880. The summed E-state index contributed by atoms with van der Waals surface area (Å²) in [6.45, 7) is 0.160. The Balaban J connectivity index is 1.44. The second kappa shape index (κ2) is 11.3. The number of amides is 1. The van der Waals surface area contributed by atoms with Crippen LogP contribution in [0.25, 0.3) is 10.9 Å². The monoisotopic (exact) mass is 602 g/mol. The molecular formula is C29H21Cl2FN8O2. The molecule has 13 heteroatoms. The molecular weight excluding hydrogens is 582 g/mol. The third-order valence-corrected chi connectivity index (χ3v) is 7.67. The molecule has 210 valence electrons. The number of rotatable bonds is 7. The van der Waals surface area contributed by atoms with Crippen LogP contribution in [0.15, 0.2) is 60.9 Å². The topological polar surface area (TPSA) is 143 Å². The maximum Gasteiger partial charge on any atom is 0.248 e. The average molecular weight is 603 g/mol. The van der Waals surface area contributed by atoms with Crippen LogP contribution in [-0.4, -0.2) is 42.9 Å². The van der Waals surface area contributed by atoms with E-state index in [0.29, 0.717) is 51.8 Å².